The van der Waals surface area contributed by atoms with E-state index < -0.39 is 6.10 Å². The molecule has 0 rings (SSSR count). The summed E-state index contributed by atoms with van der Waals surface area (Å²) in [4.78, 5) is 38.3. The van der Waals surface area contributed by atoms with Gasteiger partial charge in [0.2, 0.25) is 0 Å². The standard InChI is InChI=1S/C72H128O6/c1-4-7-10-13-16-19-22-25-27-29-31-32-33-34-35-36-37-38-39-40-41-43-44-47-50-53-56-59-62-65-71(74)77-68-69(67-76-70(73)64-61-58-55-52-49-46-24-21-18-15-12-9-6-3)78-72(75)66-63-60-57-54-51-48-45-42-30-28-26-23-20-17-14-11-8-5-2/h9,12,18,21-22,25,29,31,46,49,55,58,69H,4-8,10-11,13-17,19-20,23-24,26-28,30,32-45,47-48,50-54,56-57,59-68H2,1-3H3/b12-9-,21-18-,25-22-,31-29-,49-46-,58-55-. The fourth-order valence-electron chi connectivity index (χ4n) is 9.90. The van der Waals surface area contributed by atoms with Crippen LogP contribution in [0, 0.1) is 0 Å². The lowest BCUT2D eigenvalue weighted by Crippen LogP contribution is -2.30. The average molecular weight is 1090 g/mol. The molecule has 0 saturated carbocycles. The van der Waals surface area contributed by atoms with Gasteiger partial charge in [0.25, 0.3) is 0 Å². The summed E-state index contributed by atoms with van der Waals surface area (Å²) in [5.74, 6) is -0.959. The van der Waals surface area contributed by atoms with E-state index in [0.29, 0.717) is 19.3 Å². The molecule has 0 N–H and O–H groups in total. The Bertz CT molecular complexity index is 1440. The van der Waals surface area contributed by atoms with Crippen LogP contribution in [0.5, 0.6) is 0 Å². The smallest absolute Gasteiger partial charge is 0.306 e. The van der Waals surface area contributed by atoms with E-state index in [-0.39, 0.29) is 37.5 Å². The number of carbonyl (C=O) groups is 3. The molecule has 0 spiro atoms. The van der Waals surface area contributed by atoms with Crippen molar-refractivity contribution in [3.63, 3.8) is 0 Å². The molecule has 0 aromatic heterocycles. The Labute approximate surface area is 484 Å². The molecule has 1 unspecified atom stereocenters. The minimum Gasteiger partial charge on any atom is -0.462 e. The number of esters is 3. The van der Waals surface area contributed by atoms with Gasteiger partial charge in [0, 0.05) is 19.3 Å². The number of unbranched alkanes of at least 4 members (excludes halogenated alkanes) is 39. The second kappa shape index (κ2) is 66.4. The Morgan fingerprint density at radius 3 is 0.859 bits per heavy atom. The van der Waals surface area contributed by atoms with Crippen molar-refractivity contribution in [2.24, 2.45) is 0 Å². The third-order valence-electron chi connectivity index (χ3n) is 15.0. The zero-order valence-electron chi connectivity index (χ0n) is 51.9. The fourth-order valence-corrected chi connectivity index (χ4v) is 9.90. The minimum atomic E-state index is -0.802. The predicted molar refractivity (Wildman–Crippen MR) is 339 cm³/mol. The Balaban J connectivity index is 4.23. The second-order valence-electron chi connectivity index (χ2n) is 22.7. The molecule has 0 radical (unpaired) electrons. The van der Waals surface area contributed by atoms with E-state index in [0.717, 1.165) is 70.6 Å². The summed E-state index contributed by atoms with van der Waals surface area (Å²) in [6.45, 7) is 6.50. The second-order valence-corrected chi connectivity index (χ2v) is 22.7. The van der Waals surface area contributed by atoms with Crippen molar-refractivity contribution in [2.75, 3.05) is 13.2 Å². The Morgan fingerprint density at radius 2 is 0.526 bits per heavy atom. The molecule has 0 aromatic rings. The first-order chi connectivity index (χ1) is 38.5. The zero-order chi connectivity index (χ0) is 56.4. The monoisotopic (exact) mass is 1090 g/mol. The van der Waals surface area contributed by atoms with Crippen molar-refractivity contribution in [1.29, 1.82) is 0 Å². The van der Waals surface area contributed by atoms with Crippen molar-refractivity contribution in [1.82, 2.24) is 0 Å². The van der Waals surface area contributed by atoms with Gasteiger partial charge in [-0.3, -0.25) is 14.4 Å². The largest absolute Gasteiger partial charge is 0.462 e. The lowest BCUT2D eigenvalue weighted by Gasteiger charge is -2.18. The molecule has 0 heterocycles. The molecule has 0 bridgehead atoms. The van der Waals surface area contributed by atoms with E-state index in [2.05, 4.69) is 87.6 Å². The highest BCUT2D eigenvalue weighted by atomic mass is 16.6. The molecule has 0 fully saturated rings. The third-order valence-corrected chi connectivity index (χ3v) is 15.0. The summed E-state index contributed by atoms with van der Waals surface area (Å²) in [5, 5.41) is 0. The first-order valence-corrected chi connectivity index (χ1v) is 33.9. The Morgan fingerprint density at radius 1 is 0.269 bits per heavy atom. The van der Waals surface area contributed by atoms with Gasteiger partial charge < -0.3 is 14.2 Å². The lowest BCUT2D eigenvalue weighted by atomic mass is 10.0. The van der Waals surface area contributed by atoms with Crippen LogP contribution in [0.15, 0.2) is 72.9 Å². The van der Waals surface area contributed by atoms with Gasteiger partial charge >= 0.3 is 17.9 Å². The summed E-state index contributed by atoms with van der Waals surface area (Å²) < 4.78 is 16.9. The van der Waals surface area contributed by atoms with E-state index in [1.165, 1.54) is 231 Å². The highest BCUT2D eigenvalue weighted by Crippen LogP contribution is 2.18. The van der Waals surface area contributed by atoms with Crippen LogP contribution in [-0.2, 0) is 28.6 Å². The van der Waals surface area contributed by atoms with Gasteiger partial charge in [-0.25, -0.2) is 0 Å². The van der Waals surface area contributed by atoms with Crippen LogP contribution in [-0.4, -0.2) is 37.2 Å². The van der Waals surface area contributed by atoms with Crippen LogP contribution < -0.4 is 0 Å². The number of ether oxygens (including phenoxy) is 3. The van der Waals surface area contributed by atoms with E-state index in [1.54, 1.807) is 0 Å². The molecule has 0 aromatic carbocycles. The van der Waals surface area contributed by atoms with Gasteiger partial charge in [0.15, 0.2) is 6.10 Å². The quantitative estimate of drug-likeness (QED) is 0.0261. The molecule has 78 heavy (non-hydrogen) atoms. The van der Waals surface area contributed by atoms with E-state index >= 15 is 0 Å². The first kappa shape index (κ1) is 74.8. The maximum absolute atomic E-state index is 12.9. The molecule has 452 valence electrons. The van der Waals surface area contributed by atoms with E-state index in [9.17, 15) is 14.4 Å². The topological polar surface area (TPSA) is 78.9 Å². The predicted octanol–water partition coefficient (Wildman–Crippen LogP) is 23.3. The first-order valence-electron chi connectivity index (χ1n) is 33.9. The van der Waals surface area contributed by atoms with Gasteiger partial charge in [0.1, 0.15) is 13.2 Å². The van der Waals surface area contributed by atoms with Gasteiger partial charge in [-0.15, -0.1) is 0 Å². The summed E-state index contributed by atoms with van der Waals surface area (Å²) >= 11 is 0. The van der Waals surface area contributed by atoms with Crippen molar-refractivity contribution in [3.8, 4) is 0 Å². The highest BCUT2D eigenvalue weighted by molar-refractivity contribution is 5.71. The number of allylic oxidation sites excluding steroid dienone is 12. The van der Waals surface area contributed by atoms with Gasteiger partial charge in [-0.05, 0) is 77.0 Å². The SMILES string of the molecule is CC/C=C\C/C=C\C/C=C\C/C=C\CCC(=O)OCC(COC(=O)CCCCCCCCCCCCCCCCCCC/C=C\C/C=C\CCCCCCC)OC(=O)CCCCCCCCCCCCCCCCCCCC. The molecule has 0 amide bonds. The number of carbonyl (C=O) groups excluding carboxylic acids is 3. The van der Waals surface area contributed by atoms with Crippen molar-refractivity contribution in [2.45, 2.75) is 354 Å². The summed E-state index contributed by atoms with van der Waals surface area (Å²) in [6, 6.07) is 0. The molecular formula is C72H128O6. The minimum absolute atomic E-state index is 0.0931. The molecule has 1 atom stereocenters. The number of rotatable bonds is 62. The number of hydrogen-bond acceptors (Lipinski definition) is 6. The molecule has 0 aliphatic carbocycles. The van der Waals surface area contributed by atoms with Gasteiger partial charge in [-0.2, -0.15) is 0 Å². The Hall–Kier alpha value is -3.15. The molecule has 6 heteroatoms. The summed E-state index contributed by atoms with van der Waals surface area (Å²) in [7, 11) is 0. The van der Waals surface area contributed by atoms with Crippen molar-refractivity contribution in [3.05, 3.63) is 72.9 Å². The lowest BCUT2D eigenvalue weighted by molar-refractivity contribution is -0.166. The van der Waals surface area contributed by atoms with Gasteiger partial charge in [-0.1, -0.05) is 325 Å². The van der Waals surface area contributed by atoms with Crippen molar-refractivity contribution < 1.29 is 28.6 Å². The summed E-state index contributed by atoms with van der Waals surface area (Å²) in [5.41, 5.74) is 0. The van der Waals surface area contributed by atoms with Crippen LogP contribution >= 0.6 is 0 Å². The maximum Gasteiger partial charge on any atom is 0.306 e. The molecule has 0 aliphatic rings. The van der Waals surface area contributed by atoms with Gasteiger partial charge in [0.05, 0.1) is 0 Å². The summed E-state index contributed by atoms with van der Waals surface area (Å²) in [6.07, 6.45) is 86.6. The van der Waals surface area contributed by atoms with Crippen LogP contribution in [0.25, 0.3) is 0 Å². The molecule has 6 nitrogen and oxygen atoms in total. The fraction of sp³-hybridized carbons (Fsp3) is 0.792. The van der Waals surface area contributed by atoms with Crippen LogP contribution in [0.4, 0.5) is 0 Å². The van der Waals surface area contributed by atoms with Crippen LogP contribution in [0.3, 0.4) is 0 Å². The van der Waals surface area contributed by atoms with E-state index in [1.807, 2.05) is 6.08 Å². The maximum atomic E-state index is 12.9. The third kappa shape index (κ3) is 63.7. The molecule has 0 saturated heterocycles. The normalized spacial score (nSPS) is 12.5. The van der Waals surface area contributed by atoms with E-state index in [4.69, 9.17) is 14.2 Å². The average Bonchev–Trinajstić information content (AvgIpc) is 3.44. The zero-order valence-corrected chi connectivity index (χ0v) is 51.9. The van der Waals surface area contributed by atoms with Crippen LogP contribution in [0.2, 0.25) is 0 Å². The molecule has 0 aliphatic heterocycles. The molecular weight excluding hydrogens is 961 g/mol. The number of hydrogen-bond donors (Lipinski definition) is 0. The highest BCUT2D eigenvalue weighted by Gasteiger charge is 2.19. The Kier molecular flexibility index (Phi) is 63.7. The van der Waals surface area contributed by atoms with Crippen molar-refractivity contribution >= 4 is 17.9 Å². The van der Waals surface area contributed by atoms with Crippen LogP contribution in [0.1, 0.15) is 348 Å².